The highest BCUT2D eigenvalue weighted by Crippen LogP contribution is 2.27. The van der Waals surface area contributed by atoms with E-state index in [0.717, 1.165) is 5.56 Å². The summed E-state index contributed by atoms with van der Waals surface area (Å²) in [7, 11) is 0. The molecule has 0 aliphatic heterocycles. The van der Waals surface area contributed by atoms with Crippen LogP contribution in [-0.4, -0.2) is 14.3 Å². The number of aromatic nitrogens is 2. The molecule has 0 bridgehead atoms. The molecule has 0 spiro atoms. The zero-order valence-corrected chi connectivity index (χ0v) is 15.5. The van der Waals surface area contributed by atoms with Gasteiger partial charge in [-0.15, -0.1) is 11.3 Å². The van der Waals surface area contributed by atoms with Crippen molar-refractivity contribution in [2.75, 3.05) is 0 Å². The summed E-state index contributed by atoms with van der Waals surface area (Å²) in [6.45, 7) is 0.100. The van der Waals surface area contributed by atoms with Crippen LogP contribution in [0.15, 0.2) is 71.0 Å². The zero-order chi connectivity index (χ0) is 19.5. The number of hydrogen-bond acceptors (Lipinski definition) is 6. The van der Waals surface area contributed by atoms with Gasteiger partial charge in [-0.3, -0.25) is 19.3 Å². The van der Waals surface area contributed by atoms with Crippen molar-refractivity contribution < 1.29 is 9.66 Å². The van der Waals surface area contributed by atoms with Crippen molar-refractivity contribution in [1.82, 2.24) is 9.38 Å². The minimum atomic E-state index is -0.425. The van der Waals surface area contributed by atoms with E-state index in [0.29, 0.717) is 28.4 Å². The summed E-state index contributed by atoms with van der Waals surface area (Å²) in [6, 6.07) is 15.6. The van der Waals surface area contributed by atoms with Gasteiger partial charge in [-0.1, -0.05) is 30.3 Å². The average Bonchev–Trinajstić information content (AvgIpc) is 3.17. The third-order valence-corrected chi connectivity index (χ3v) is 4.98. The molecule has 0 aliphatic carbocycles. The molecular formula is C20H15N3O4S. The molecule has 140 valence electrons. The van der Waals surface area contributed by atoms with Crippen molar-refractivity contribution in [2.24, 2.45) is 0 Å². The number of nitro groups is 1. The van der Waals surface area contributed by atoms with Crippen LogP contribution in [0.2, 0.25) is 0 Å². The number of hydrogen-bond donors (Lipinski definition) is 0. The van der Waals surface area contributed by atoms with Crippen LogP contribution < -0.4 is 10.3 Å². The Balaban J connectivity index is 1.62. The molecule has 2 heterocycles. The van der Waals surface area contributed by atoms with Gasteiger partial charge in [0.05, 0.1) is 10.6 Å². The number of fused-ring (bicyclic) bond motifs is 1. The van der Waals surface area contributed by atoms with Crippen LogP contribution in [0, 0.1) is 10.1 Å². The molecule has 7 nitrogen and oxygen atoms in total. The van der Waals surface area contributed by atoms with Crippen molar-refractivity contribution in [3.05, 3.63) is 103 Å². The number of thiazole rings is 1. The molecule has 0 atom stereocenters. The molecule has 0 aliphatic rings. The molecule has 8 heteroatoms. The van der Waals surface area contributed by atoms with Gasteiger partial charge in [0.15, 0.2) is 4.96 Å². The Bertz CT molecular complexity index is 1200. The quantitative estimate of drug-likeness (QED) is 0.367. The van der Waals surface area contributed by atoms with Crippen molar-refractivity contribution in [2.45, 2.75) is 13.0 Å². The molecular weight excluding hydrogens is 378 g/mol. The second kappa shape index (κ2) is 7.61. The standard InChI is InChI=1S/C20H15N3O4S/c24-19-12-16(21-20-22(19)8-9-28-20)13-27-18-7-6-17(23(25)26)11-15(18)10-14-4-2-1-3-5-14/h1-9,11-12H,10,13H2. The van der Waals surface area contributed by atoms with E-state index in [4.69, 9.17) is 4.74 Å². The number of ether oxygens (including phenoxy) is 1. The fourth-order valence-corrected chi connectivity index (χ4v) is 3.63. The molecule has 4 rings (SSSR count). The Morgan fingerprint density at radius 1 is 1.14 bits per heavy atom. The predicted molar refractivity (Wildman–Crippen MR) is 106 cm³/mol. The predicted octanol–water partition coefficient (Wildman–Crippen LogP) is 3.83. The first-order valence-electron chi connectivity index (χ1n) is 8.50. The average molecular weight is 393 g/mol. The van der Waals surface area contributed by atoms with Gasteiger partial charge in [-0.2, -0.15) is 0 Å². The van der Waals surface area contributed by atoms with Gasteiger partial charge in [-0.25, -0.2) is 4.98 Å². The van der Waals surface area contributed by atoms with Crippen LogP contribution in [0.1, 0.15) is 16.8 Å². The topological polar surface area (TPSA) is 86.7 Å². The van der Waals surface area contributed by atoms with Crippen LogP contribution in [0.5, 0.6) is 5.75 Å². The Kier molecular flexibility index (Phi) is 4.86. The lowest BCUT2D eigenvalue weighted by Crippen LogP contribution is -2.14. The normalized spacial score (nSPS) is 10.9. The Morgan fingerprint density at radius 2 is 1.96 bits per heavy atom. The summed E-state index contributed by atoms with van der Waals surface area (Å²) in [5.74, 6) is 0.530. The molecule has 28 heavy (non-hydrogen) atoms. The molecule has 0 fully saturated rings. The zero-order valence-electron chi connectivity index (χ0n) is 14.6. The third-order valence-electron chi connectivity index (χ3n) is 4.22. The number of nitrogens with zero attached hydrogens (tertiary/aromatic N) is 3. The summed E-state index contributed by atoms with van der Waals surface area (Å²) in [4.78, 5) is 27.8. The van der Waals surface area contributed by atoms with Gasteiger partial charge in [0, 0.05) is 41.8 Å². The van der Waals surface area contributed by atoms with Gasteiger partial charge in [0.25, 0.3) is 11.2 Å². The smallest absolute Gasteiger partial charge is 0.269 e. The van der Waals surface area contributed by atoms with E-state index >= 15 is 0 Å². The molecule has 0 amide bonds. The molecule has 2 aromatic heterocycles. The maximum absolute atomic E-state index is 12.1. The summed E-state index contributed by atoms with van der Waals surface area (Å²) in [5.41, 5.74) is 2.07. The van der Waals surface area contributed by atoms with Crippen LogP contribution in [-0.2, 0) is 13.0 Å². The minimum Gasteiger partial charge on any atom is -0.487 e. The SMILES string of the molecule is O=c1cc(COc2ccc([N+](=O)[O-])cc2Cc2ccccc2)nc2sccn12. The minimum absolute atomic E-state index is 0.00894. The highest BCUT2D eigenvalue weighted by Gasteiger charge is 2.13. The highest BCUT2D eigenvalue weighted by atomic mass is 32.1. The monoisotopic (exact) mass is 393 g/mol. The van der Waals surface area contributed by atoms with E-state index in [1.54, 1.807) is 17.6 Å². The van der Waals surface area contributed by atoms with Gasteiger partial charge >= 0.3 is 0 Å². The lowest BCUT2D eigenvalue weighted by Gasteiger charge is -2.11. The van der Waals surface area contributed by atoms with Crippen molar-refractivity contribution in [3.8, 4) is 5.75 Å². The van der Waals surface area contributed by atoms with E-state index in [1.807, 2.05) is 30.3 Å². The van der Waals surface area contributed by atoms with E-state index in [-0.39, 0.29) is 17.9 Å². The molecule has 0 N–H and O–H groups in total. The van der Waals surface area contributed by atoms with Crippen LogP contribution >= 0.6 is 11.3 Å². The van der Waals surface area contributed by atoms with Crippen molar-refractivity contribution in [3.63, 3.8) is 0 Å². The number of rotatable bonds is 6. The highest BCUT2D eigenvalue weighted by molar-refractivity contribution is 7.15. The second-order valence-electron chi connectivity index (χ2n) is 6.14. The molecule has 0 saturated carbocycles. The van der Waals surface area contributed by atoms with Crippen molar-refractivity contribution in [1.29, 1.82) is 0 Å². The first-order valence-corrected chi connectivity index (χ1v) is 9.38. The molecule has 0 radical (unpaired) electrons. The molecule has 0 saturated heterocycles. The first kappa shape index (κ1) is 17.9. The fourth-order valence-electron chi connectivity index (χ4n) is 2.89. The van der Waals surface area contributed by atoms with Gasteiger partial charge in [0.1, 0.15) is 12.4 Å². The van der Waals surface area contributed by atoms with Crippen LogP contribution in [0.4, 0.5) is 5.69 Å². The Labute approximate surface area is 163 Å². The largest absolute Gasteiger partial charge is 0.487 e. The van der Waals surface area contributed by atoms with E-state index in [9.17, 15) is 14.9 Å². The third kappa shape index (κ3) is 3.77. The molecule has 0 unspecified atom stereocenters. The second-order valence-corrected chi connectivity index (χ2v) is 7.01. The molecule has 2 aromatic carbocycles. The summed E-state index contributed by atoms with van der Waals surface area (Å²) in [5, 5.41) is 12.9. The van der Waals surface area contributed by atoms with Gasteiger partial charge in [0.2, 0.25) is 0 Å². The van der Waals surface area contributed by atoms with Crippen LogP contribution in [0.3, 0.4) is 0 Å². The number of nitro benzene ring substituents is 1. The lowest BCUT2D eigenvalue weighted by molar-refractivity contribution is -0.384. The van der Waals surface area contributed by atoms with Gasteiger partial charge < -0.3 is 4.74 Å². The fraction of sp³-hybridized carbons (Fsp3) is 0.100. The van der Waals surface area contributed by atoms with Gasteiger partial charge in [-0.05, 0) is 11.6 Å². The summed E-state index contributed by atoms with van der Waals surface area (Å²) in [6.07, 6.45) is 2.17. The Morgan fingerprint density at radius 3 is 2.75 bits per heavy atom. The summed E-state index contributed by atoms with van der Waals surface area (Å²) < 4.78 is 7.36. The maximum atomic E-state index is 12.1. The number of benzene rings is 2. The maximum Gasteiger partial charge on any atom is 0.269 e. The van der Waals surface area contributed by atoms with Crippen molar-refractivity contribution >= 4 is 22.0 Å². The van der Waals surface area contributed by atoms with Crippen LogP contribution in [0.25, 0.3) is 4.96 Å². The van der Waals surface area contributed by atoms with E-state index in [2.05, 4.69) is 4.98 Å². The Hall–Kier alpha value is -3.52. The van der Waals surface area contributed by atoms with E-state index in [1.165, 1.54) is 33.9 Å². The lowest BCUT2D eigenvalue weighted by atomic mass is 10.0. The number of non-ortho nitro benzene ring substituents is 1. The molecule has 4 aromatic rings. The summed E-state index contributed by atoms with van der Waals surface area (Å²) >= 11 is 1.37. The van der Waals surface area contributed by atoms with E-state index < -0.39 is 4.92 Å². The first-order chi connectivity index (χ1) is 13.6.